The van der Waals surface area contributed by atoms with Gasteiger partial charge in [0.05, 0.1) is 0 Å². The van der Waals surface area contributed by atoms with Gasteiger partial charge in [-0.2, -0.15) is 0 Å². The van der Waals surface area contributed by atoms with Gasteiger partial charge in [0.2, 0.25) is 5.91 Å². The van der Waals surface area contributed by atoms with Gasteiger partial charge in [0.25, 0.3) is 0 Å². The first kappa shape index (κ1) is 16.5. The fourth-order valence-electron chi connectivity index (χ4n) is 1.43. The van der Waals surface area contributed by atoms with E-state index in [0.29, 0.717) is 0 Å². The van der Waals surface area contributed by atoms with Crippen LogP contribution in [0, 0.1) is 0 Å². The molecular formula is C14H18N2O5. The Hall–Kier alpha value is -2.57. The molecule has 0 aliphatic carbocycles. The molecule has 0 radical (unpaired) electrons. The summed E-state index contributed by atoms with van der Waals surface area (Å²) in [5, 5.41) is 13.3. The van der Waals surface area contributed by atoms with Gasteiger partial charge in [-0.1, -0.05) is 30.3 Å². The van der Waals surface area contributed by atoms with E-state index in [1.54, 1.807) is 0 Å². The number of carbonyl (C=O) groups excluding carboxylic acids is 2. The van der Waals surface area contributed by atoms with Crippen molar-refractivity contribution in [2.45, 2.75) is 26.0 Å². The van der Waals surface area contributed by atoms with Crippen molar-refractivity contribution >= 4 is 18.0 Å². The second kappa shape index (κ2) is 8.57. The molecule has 0 aromatic heterocycles. The Balaban J connectivity index is 2.16. The summed E-state index contributed by atoms with van der Waals surface area (Å²) in [5.41, 5.74) is 0.862. The SMILES string of the molecule is C[C@H](NC(=O)CCNC(=O)OCc1ccccc1)C(=O)O. The quantitative estimate of drug-likeness (QED) is 0.692. The van der Waals surface area contributed by atoms with Crippen LogP contribution in [0.25, 0.3) is 0 Å². The number of benzene rings is 1. The maximum atomic E-state index is 11.4. The molecule has 3 N–H and O–H groups in total. The molecule has 0 unspecified atom stereocenters. The van der Waals surface area contributed by atoms with E-state index in [1.807, 2.05) is 30.3 Å². The molecule has 0 saturated heterocycles. The van der Waals surface area contributed by atoms with Crippen LogP contribution in [-0.4, -0.2) is 35.7 Å². The van der Waals surface area contributed by atoms with Crippen molar-refractivity contribution in [2.24, 2.45) is 0 Å². The maximum absolute atomic E-state index is 11.4. The summed E-state index contributed by atoms with van der Waals surface area (Å²) in [5.74, 6) is -1.56. The molecule has 0 saturated carbocycles. The van der Waals surface area contributed by atoms with Crippen LogP contribution in [-0.2, 0) is 20.9 Å². The zero-order valence-electron chi connectivity index (χ0n) is 11.7. The lowest BCUT2D eigenvalue weighted by Crippen LogP contribution is -2.39. The zero-order chi connectivity index (χ0) is 15.7. The van der Waals surface area contributed by atoms with Gasteiger partial charge in [0.1, 0.15) is 12.6 Å². The Morgan fingerprint density at radius 1 is 1.24 bits per heavy atom. The third-order valence-electron chi connectivity index (χ3n) is 2.58. The van der Waals surface area contributed by atoms with Crippen molar-refractivity contribution in [3.8, 4) is 0 Å². The Kier molecular flexibility index (Phi) is 6.73. The highest BCUT2D eigenvalue weighted by Gasteiger charge is 2.13. The van der Waals surface area contributed by atoms with Crippen molar-refractivity contribution < 1.29 is 24.2 Å². The first-order valence-electron chi connectivity index (χ1n) is 6.45. The van der Waals surface area contributed by atoms with Crippen molar-refractivity contribution in [1.82, 2.24) is 10.6 Å². The summed E-state index contributed by atoms with van der Waals surface area (Å²) in [4.78, 5) is 33.3. The summed E-state index contributed by atoms with van der Waals surface area (Å²) >= 11 is 0. The molecule has 0 fully saturated rings. The lowest BCUT2D eigenvalue weighted by atomic mass is 10.2. The molecule has 21 heavy (non-hydrogen) atoms. The molecule has 0 aliphatic heterocycles. The van der Waals surface area contributed by atoms with Gasteiger partial charge < -0.3 is 20.5 Å². The van der Waals surface area contributed by atoms with Gasteiger partial charge in [0.15, 0.2) is 0 Å². The minimum absolute atomic E-state index is 0.0158. The maximum Gasteiger partial charge on any atom is 0.407 e. The second-order valence-electron chi connectivity index (χ2n) is 4.37. The molecule has 0 aliphatic rings. The fraction of sp³-hybridized carbons (Fsp3) is 0.357. The fourth-order valence-corrected chi connectivity index (χ4v) is 1.43. The largest absolute Gasteiger partial charge is 0.480 e. The smallest absolute Gasteiger partial charge is 0.407 e. The number of carbonyl (C=O) groups is 3. The van der Waals surface area contributed by atoms with Gasteiger partial charge in [-0.05, 0) is 12.5 Å². The summed E-state index contributed by atoms with van der Waals surface area (Å²) in [6.07, 6.45) is -0.643. The summed E-state index contributed by atoms with van der Waals surface area (Å²) < 4.78 is 4.95. The number of alkyl carbamates (subject to hydrolysis) is 1. The minimum Gasteiger partial charge on any atom is -0.480 e. The van der Waals surface area contributed by atoms with Crippen molar-refractivity contribution in [1.29, 1.82) is 0 Å². The first-order valence-corrected chi connectivity index (χ1v) is 6.45. The highest BCUT2D eigenvalue weighted by molar-refractivity contribution is 5.83. The average Bonchev–Trinajstić information content (AvgIpc) is 2.46. The van der Waals surface area contributed by atoms with E-state index >= 15 is 0 Å². The number of ether oxygens (including phenoxy) is 1. The van der Waals surface area contributed by atoms with Crippen LogP contribution in [0.4, 0.5) is 4.79 Å². The average molecular weight is 294 g/mol. The molecule has 0 bridgehead atoms. The molecule has 7 heteroatoms. The lowest BCUT2D eigenvalue weighted by Gasteiger charge is -2.10. The molecule has 1 aromatic rings. The Labute approximate surface area is 122 Å². The Morgan fingerprint density at radius 2 is 1.90 bits per heavy atom. The first-order chi connectivity index (χ1) is 9.99. The molecule has 2 amide bonds. The topological polar surface area (TPSA) is 105 Å². The third-order valence-corrected chi connectivity index (χ3v) is 2.58. The van der Waals surface area contributed by atoms with E-state index in [4.69, 9.17) is 9.84 Å². The van der Waals surface area contributed by atoms with E-state index in [0.717, 1.165) is 5.56 Å². The van der Waals surface area contributed by atoms with Crippen LogP contribution in [0.15, 0.2) is 30.3 Å². The number of rotatable bonds is 7. The number of aliphatic carboxylic acids is 1. The summed E-state index contributed by atoms with van der Waals surface area (Å²) in [6.45, 7) is 1.59. The van der Waals surface area contributed by atoms with Crippen LogP contribution in [0.2, 0.25) is 0 Å². The minimum atomic E-state index is -1.11. The monoisotopic (exact) mass is 294 g/mol. The van der Waals surface area contributed by atoms with Gasteiger partial charge in [-0.3, -0.25) is 9.59 Å². The molecule has 0 heterocycles. The van der Waals surface area contributed by atoms with Crippen LogP contribution >= 0.6 is 0 Å². The Morgan fingerprint density at radius 3 is 2.52 bits per heavy atom. The van der Waals surface area contributed by atoms with Crippen LogP contribution in [0.3, 0.4) is 0 Å². The highest BCUT2D eigenvalue weighted by Crippen LogP contribution is 2.00. The summed E-state index contributed by atoms with van der Waals surface area (Å²) in [7, 11) is 0. The number of amides is 2. The van der Waals surface area contributed by atoms with Gasteiger partial charge in [0, 0.05) is 13.0 Å². The number of hydrogen-bond donors (Lipinski definition) is 3. The summed E-state index contributed by atoms with van der Waals surface area (Å²) in [6, 6.07) is 8.24. The van der Waals surface area contributed by atoms with E-state index in [9.17, 15) is 14.4 Å². The van der Waals surface area contributed by atoms with Crippen LogP contribution in [0.5, 0.6) is 0 Å². The normalized spacial score (nSPS) is 11.3. The molecule has 1 atom stereocenters. The molecule has 114 valence electrons. The van der Waals surface area contributed by atoms with Crippen LogP contribution in [0.1, 0.15) is 18.9 Å². The van der Waals surface area contributed by atoms with Crippen molar-refractivity contribution in [3.63, 3.8) is 0 Å². The van der Waals surface area contributed by atoms with E-state index in [-0.39, 0.29) is 19.6 Å². The highest BCUT2D eigenvalue weighted by atomic mass is 16.5. The van der Waals surface area contributed by atoms with E-state index < -0.39 is 24.0 Å². The van der Waals surface area contributed by atoms with Crippen molar-refractivity contribution in [3.05, 3.63) is 35.9 Å². The molecular weight excluding hydrogens is 276 g/mol. The Bertz CT molecular complexity index is 489. The molecule has 7 nitrogen and oxygen atoms in total. The predicted molar refractivity (Wildman–Crippen MR) is 74.5 cm³/mol. The third kappa shape index (κ3) is 6.95. The van der Waals surface area contributed by atoms with Gasteiger partial charge in [-0.15, -0.1) is 0 Å². The number of carboxylic acid groups (broad SMARTS) is 1. The van der Waals surface area contributed by atoms with E-state index in [2.05, 4.69) is 10.6 Å². The van der Waals surface area contributed by atoms with Gasteiger partial charge in [-0.25, -0.2) is 4.79 Å². The molecule has 0 spiro atoms. The van der Waals surface area contributed by atoms with Crippen LogP contribution < -0.4 is 10.6 Å². The predicted octanol–water partition coefficient (Wildman–Crippen LogP) is 0.892. The number of hydrogen-bond acceptors (Lipinski definition) is 4. The second-order valence-corrected chi connectivity index (χ2v) is 4.37. The number of nitrogens with one attached hydrogen (secondary N) is 2. The molecule has 1 aromatic carbocycles. The standard InChI is InChI=1S/C14H18N2O5/c1-10(13(18)19)16-12(17)7-8-15-14(20)21-9-11-5-3-2-4-6-11/h2-6,10H,7-9H2,1H3,(H,15,20)(H,16,17)(H,18,19)/t10-/m0/s1. The van der Waals surface area contributed by atoms with Gasteiger partial charge >= 0.3 is 12.1 Å². The number of carboxylic acids is 1. The lowest BCUT2D eigenvalue weighted by molar-refractivity contribution is -0.141. The zero-order valence-corrected chi connectivity index (χ0v) is 11.7. The van der Waals surface area contributed by atoms with Crippen molar-refractivity contribution in [2.75, 3.05) is 6.54 Å². The van der Waals surface area contributed by atoms with E-state index in [1.165, 1.54) is 6.92 Å². The molecule has 1 rings (SSSR count).